The van der Waals surface area contributed by atoms with Gasteiger partial charge in [0.1, 0.15) is 0 Å². The van der Waals surface area contributed by atoms with E-state index in [4.69, 9.17) is 5.73 Å². The lowest BCUT2D eigenvalue weighted by Crippen LogP contribution is -2.15. The molecule has 2 rings (SSSR count). The first-order valence-electron chi connectivity index (χ1n) is 4.94. The lowest BCUT2D eigenvalue weighted by molar-refractivity contribution is 0.102. The summed E-state index contributed by atoms with van der Waals surface area (Å²) in [5, 5.41) is 2.80. The molecule has 0 spiro atoms. The summed E-state index contributed by atoms with van der Waals surface area (Å²) in [7, 11) is 0. The van der Waals surface area contributed by atoms with Crippen molar-refractivity contribution >= 4 is 39.9 Å². The minimum Gasteiger partial charge on any atom is -0.398 e. The Bertz CT molecular complexity index is 557. The van der Waals surface area contributed by atoms with E-state index in [1.807, 2.05) is 24.3 Å². The molecule has 5 heteroatoms. The molecule has 17 heavy (non-hydrogen) atoms. The first-order chi connectivity index (χ1) is 8.18. The van der Waals surface area contributed by atoms with Crippen LogP contribution in [0.25, 0.3) is 0 Å². The lowest BCUT2D eigenvalue weighted by Gasteiger charge is -2.08. The van der Waals surface area contributed by atoms with E-state index in [-0.39, 0.29) is 5.91 Å². The Labute approximate surface area is 112 Å². The molecule has 0 fully saturated rings. The topological polar surface area (TPSA) is 68.0 Å². The maximum atomic E-state index is 12.0. The van der Waals surface area contributed by atoms with E-state index in [9.17, 15) is 4.79 Å². The van der Waals surface area contributed by atoms with Crippen LogP contribution in [0.15, 0.2) is 42.7 Å². The Hall–Kier alpha value is -1.63. The van der Waals surface area contributed by atoms with Crippen LogP contribution in [-0.2, 0) is 0 Å². The standard InChI is InChI=1S/C12H10IN3O/c13-9-3-1-2-4-11(9)16-12(17)8-7-15-6-5-10(8)14/h1-7H,(H2,14,15)(H,16,17). The van der Waals surface area contributed by atoms with E-state index in [1.54, 1.807) is 12.3 Å². The molecular formula is C12H10IN3O. The Morgan fingerprint density at radius 3 is 2.76 bits per heavy atom. The first-order valence-corrected chi connectivity index (χ1v) is 6.01. The average molecular weight is 339 g/mol. The third kappa shape index (κ3) is 2.73. The fourth-order valence-electron chi connectivity index (χ4n) is 1.35. The highest BCUT2D eigenvalue weighted by Gasteiger charge is 2.10. The molecule has 4 nitrogen and oxygen atoms in total. The van der Waals surface area contributed by atoms with Gasteiger partial charge in [0.25, 0.3) is 5.91 Å². The number of benzene rings is 1. The summed E-state index contributed by atoms with van der Waals surface area (Å²) in [6, 6.07) is 9.14. The monoisotopic (exact) mass is 339 g/mol. The first kappa shape index (κ1) is 11.8. The fraction of sp³-hybridized carbons (Fsp3) is 0. The van der Waals surface area contributed by atoms with Gasteiger partial charge in [-0.05, 0) is 40.8 Å². The number of hydrogen-bond acceptors (Lipinski definition) is 3. The molecule has 1 aromatic heterocycles. The van der Waals surface area contributed by atoms with Crippen molar-refractivity contribution in [2.24, 2.45) is 0 Å². The predicted molar refractivity (Wildman–Crippen MR) is 75.8 cm³/mol. The number of hydrogen-bond donors (Lipinski definition) is 2. The van der Waals surface area contributed by atoms with Gasteiger partial charge >= 0.3 is 0 Å². The van der Waals surface area contributed by atoms with E-state index < -0.39 is 0 Å². The van der Waals surface area contributed by atoms with Gasteiger partial charge in [0.2, 0.25) is 0 Å². The Balaban J connectivity index is 2.24. The molecule has 86 valence electrons. The Kier molecular flexibility index (Phi) is 3.58. The molecule has 0 aliphatic heterocycles. The van der Waals surface area contributed by atoms with Crippen molar-refractivity contribution in [3.63, 3.8) is 0 Å². The summed E-state index contributed by atoms with van der Waals surface area (Å²) in [4.78, 5) is 15.8. The van der Waals surface area contributed by atoms with Crippen LogP contribution in [0.5, 0.6) is 0 Å². The second-order valence-corrected chi connectivity index (χ2v) is 4.56. The van der Waals surface area contributed by atoms with Crippen LogP contribution in [0.2, 0.25) is 0 Å². The van der Waals surface area contributed by atoms with Crippen molar-refractivity contribution < 1.29 is 4.79 Å². The molecule has 0 saturated heterocycles. The number of rotatable bonds is 2. The molecule has 0 unspecified atom stereocenters. The van der Waals surface area contributed by atoms with Crippen LogP contribution in [0.1, 0.15) is 10.4 Å². The molecule has 0 atom stereocenters. The van der Waals surface area contributed by atoms with Crippen molar-refractivity contribution in [2.45, 2.75) is 0 Å². The number of carbonyl (C=O) groups is 1. The molecular weight excluding hydrogens is 329 g/mol. The fourth-order valence-corrected chi connectivity index (χ4v) is 1.87. The number of nitrogens with one attached hydrogen (secondary N) is 1. The van der Waals surface area contributed by atoms with E-state index in [2.05, 4.69) is 32.9 Å². The summed E-state index contributed by atoms with van der Waals surface area (Å²) in [5.41, 5.74) is 7.28. The second kappa shape index (κ2) is 5.13. The summed E-state index contributed by atoms with van der Waals surface area (Å²) in [6.45, 7) is 0. The van der Waals surface area contributed by atoms with E-state index in [0.29, 0.717) is 11.3 Å². The van der Waals surface area contributed by atoms with Crippen LogP contribution < -0.4 is 11.1 Å². The number of nitrogen functional groups attached to an aromatic ring is 1. The molecule has 0 bridgehead atoms. The highest BCUT2D eigenvalue weighted by atomic mass is 127. The minimum absolute atomic E-state index is 0.250. The molecule has 2 aromatic rings. The Morgan fingerprint density at radius 2 is 2.06 bits per heavy atom. The van der Waals surface area contributed by atoms with Gasteiger partial charge in [-0.2, -0.15) is 0 Å². The lowest BCUT2D eigenvalue weighted by atomic mass is 10.2. The predicted octanol–water partition coefficient (Wildman–Crippen LogP) is 2.52. The van der Waals surface area contributed by atoms with Gasteiger partial charge in [0.05, 0.1) is 11.3 Å². The molecule has 0 aliphatic rings. The van der Waals surface area contributed by atoms with E-state index in [1.165, 1.54) is 6.20 Å². The van der Waals surface area contributed by atoms with Crippen LogP contribution in [0, 0.1) is 3.57 Å². The molecule has 0 saturated carbocycles. The van der Waals surface area contributed by atoms with Gasteiger partial charge in [-0.1, -0.05) is 12.1 Å². The zero-order valence-corrected chi connectivity index (χ0v) is 11.0. The van der Waals surface area contributed by atoms with Gasteiger partial charge in [0.15, 0.2) is 0 Å². The summed E-state index contributed by atoms with van der Waals surface area (Å²) >= 11 is 2.16. The van der Waals surface area contributed by atoms with E-state index >= 15 is 0 Å². The van der Waals surface area contributed by atoms with Gasteiger partial charge in [-0.3, -0.25) is 9.78 Å². The molecule has 1 aromatic carbocycles. The number of anilines is 2. The average Bonchev–Trinajstić information content (AvgIpc) is 2.32. The number of carbonyl (C=O) groups excluding carboxylic acids is 1. The van der Waals surface area contributed by atoms with Crippen LogP contribution >= 0.6 is 22.6 Å². The van der Waals surface area contributed by atoms with Crippen LogP contribution in [0.3, 0.4) is 0 Å². The third-order valence-electron chi connectivity index (χ3n) is 2.22. The molecule has 0 aliphatic carbocycles. The number of amides is 1. The summed E-state index contributed by atoms with van der Waals surface area (Å²) in [6.07, 6.45) is 3.01. The van der Waals surface area contributed by atoms with E-state index in [0.717, 1.165) is 9.26 Å². The summed E-state index contributed by atoms with van der Waals surface area (Å²) < 4.78 is 0.973. The summed E-state index contributed by atoms with van der Waals surface area (Å²) in [5.74, 6) is -0.250. The van der Waals surface area contributed by atoms with Gasteiger partial charge in [-0.15, -0.1) is 0 Å². The van der Waals surface area contributed by atoms with Crippen molar-refractivity contribution in [1.29, 1.82) is 0 Å². The SMILES string of the molecule is Nc1ccncc1C(=O)Nc1ccccc1I. The number of nitrogens with two attached hydrogens (primary N) is 1. The van der Waals surface area contributed by atoms with Gasteiger partial charge in [-0.25, -0.2) is 0 Å². The maximum absolute atomic E-state index is 12.0. The Morgan fingerprint density at radius 1 is 1.29 bits per heavy atom. The number of pyridine rings is 1. The highest BCUT2D eigenvalue weighted by molar-refractivity contribution is 14.1. The quantitative estimate of drug-likeness (QED) is 0.827. The molecule has 1 amide bonds. The number of nitrogens with zero attached hydrogens (tertiary/aromatic N) is 1. The van der Waals surface area contributed by atoms with Crippen LogP contribution in [0.4, 0.5) is 11.4 Å². The molecule has 3 N–H and O–H groups in total. The maximum Gasteiger partial charge on any atom is 0.259 e. The van der Waals surface area contributed by atoms with Crippen LogP contribution in [-0.4, -0.2) is 10.9 Å². The minimum atomic E-state index is -0.250. The third-order valence-corrected chi connectivity index (χ3v) is 3.16. The van der Waals surface area contributed by atoms with Crippen molar-refractivity contribution in [3.8, 4) is 0 Å². The smallest absolute Gasteiger partial charge is 0.259 e. The highest BCUT2D eigenvalue weighted by Crippen LogP contribution is 2.19. The number of para-hydroxylation sites is 1. The largest absolute Gasteiger partial charge is 0.398 e. The second-order valence-electron chi connectivity index (χ2n) is 3.40. The van der Waals surface area contributed by atoms with Crippen molar-refractivity contribution in [3.05, 3.63) is 51.9 Å². The number of halogens is 1. The number of aromatic nitrogens is 1. The van der Waals surface area contributed by atoms with Crippen molar-refractivity contribution in [2.75, 3.05) is 11.1 Å². The van der Waals surface area contributed by atoms with Crippen molar-refractivity contribution in [1.82, 2.24) is 4.98 Å². The molecule has 0 radical (unpaired) electrons. The zero-order valence-electron chi connectivity index (χ0n) is 8.85. The normalized spacial score (nSPS) is 9.94. The zero-order chi connectivity index (χ0) is 12.3. The van der Waals surface area contributed by atoms with Gasteiger partial charge < -0.3 is 11.1 Å². The molecule has 1 heterocycles. The van der Waals surface area contributed by atoms with Gasteiger partial charge in [0, 0.05) is 21.7 Å².